The SMILES string of the molecule is C=CC(=O)N1CC[C@@H](n2nc(C#Cc3ccnc4ccccc34)c3c(N)ncnc32)C1. The van der Waals surface area contributed by atoms with Gasteiger partial charge in [-0.15, -0.1) is 0 Å². The number of carbonyl (C=O) groups excluding carboxylic acids is 1. The lowest BCUT2D eigenvalue weighted by molar-refractivity contribution is -0.125. The Morgan fingerprint density at radius 2 is 2.06 bits per heavy atom. The predicted molar refractivity (Wildman–Crippen MR) is 118 cm³/mol. The van der Waals surface area contributed by atoms with Gasteiger partial charge >= 0.3 is 0 Å². The summed E-state index contributed by atoms with van der Waals surface area (Å²) in [6.07, 6.45) is 5.26. The molecule has 1 amide bonds. The van der Waals surface area contributed by atoms with Crippen molar-refractivity contribution in [1.82, 2.24) is 29.6 Å². The summed E-state index contributed by atoms with van der Waals surface area (Å²) in [6.45, 7) is 4.75. The average Bonchev–Trinajstić information content (AvgIpc) is 3.43. The van der Waals surface area contributed by atoms with Crippen LogP contribution in [0.5, 0.6) is 0 Å². The average molecular weight is 409 g/mol. The Labute approximate surface area is 178 Å². The molecule has 1 fully saturated rings. The molecule has 0 saturated carbocycles. The second-order valence-electron chi connectivity index (χ2n) is 7.31. The Balaban J connectivity index is 1.59. The molecule has 3 aromatic heterocycles. The summed E-state index contributed by atoms with van der Waals surface area (Å²) < 4.78 is 1.82. The number of nitrogens with two attached hydrogens (primary N) is 1. The van der Waals surface area contributed by atoms with Crippen LogP contribution < -0.4 is 5.73 Å². The first-order chi connectivity index (χ1) is 15.2. The van der Waals surface area contributed by atoms with E-state index in [1.807, 2.05) is 35.0 Å². The van der Waals surface area contributed by atoms with Gasteiger partial charge in [0.15, 0.2) is 5.65 Å². The van der Waals surface area contributed by atoms with Crippen LogP contribution >= 0.6 is 0 Å². The lowest BCUT2D eigenvalue weighted by Gasteiger charge is -2.14. The van der Waals surface area contributed by atoms with Gasteiger partial charge in [0.1, 0.15) is 17.8 Å². The van der Waals surface area contributed by atoms with Gasteiger partial charge in [-0.05, 0) is 30.6 Å². The zero-order valence-electron chi connectivity index (χ0n) is 16.7. The maximum atomic E-state index is 12.0. The van der Waals surface area contributed by atoms with Gasteiger partial charge in [0.05, 0.1) is 16.9 Å². The number of carbonyl (C=O) groups is 1. The summed E-state index contributed by atoms with van der Waals surface area (Å²) in [5, 5.41) is 6.33. The topological polar surface area (TPSA) is 103 Å². The minimum atomic E-state index is -0.0855. The minimum Gasteiger partial charge on any atom is -0.383 e. The maximum absolute atomic E-state index is 12.0. The first kappa shape index (κ1) is 18.8. The highest BCUT2D eigenvalue weighted by Crippen LogP contribution is 2.28. The summed E-state index contributed by atoms with van der Waals surface area (Å²) in [6, 6.07) is 9.71. The smallest absolute Gasteiger partial charge is 0.246 e. The summed E-state index contributed by atoms with van der Waals surface area (Å²) in [5.41, 5.74) is 9.04. The first-order valence-corrected chi connectivity index (χ1v) is 9.91. The molecule has 1 aromatic carbocycles. The molecule has 1 aliphatic rings. The van der Waals surface area contributed by atoms with E-state index in [1.165, 1.54) is 12.4 Å². The van der Waals surface area contributed by atoms with Crippen LogP contribution in [0.4, 0.5) is 5.82 Å². The van der Waals surface area contributed by atoms with Crippen molar-refractivity contribution in [3.8, 4) is 11.8 Å². The van der Waals surface area contributed by atoms with Crippen molar-refractivity contribution in [3.63, 3.8) is 0 Å². The van der Waals surface area contributed by atoms with Gasteiger partial charge < -0.3 is 10.6 Å². The fourth-order valence-corrected chi connectivity index (χ4v) is 3.94. The fourth-order valence-electron chi connectivity index (χ4n) is 3.94. The number of fused-ring (bicyclic) bond motifs is 2. The molecule has 0 spiro atoms. The molecule has 2 N–H and O–H groups in total. The van der Waals surface area contributed by atoms with E-state index in [2.05, 4.69) is 33.4 Å². The zero-order chi connectivity index (χ0) is 21.4. The van der Waals surface area contributed by atoms with E-state index < -0.39 is 0 Å². The van der Waals surface area contributed by atoms with Crippen LogP contribution in [-0.2, 0) is 4.79 Å². The Morgan fingerprint density at radius 3 is 2.94 bits per heavy atom. The second kappa shape index (κ2) is 7.54. The van der Waals surface area contributed by atoms with Crippen LogP contribution in [-0.4, -0.2) is 48.6 Å². The fraction of sp³-hybridized carbons (Fsp3) is 0.174. The van der Waals surface area contributed by atoms with Gasteiger partial charge in [-0.1, -0.05) is 30.7 Å². The van der Waals surface area contributed by atoms with Crippen molar-refractivity contribution in [3.05, 3.63) is 66.8 Å². The highest BCUT2D eigenvalue weighted by molar-refractivity contribution is 5.91. The number of rotatable bonds is 2. The van der Waals surface area contributed by atoms with Crippen molar-refractivity contribution >= 4 is 33.7 Å². The van der Waals surface area contributed by atoms with Crippen molar-refractivity contribution in [2.45, 2.75) is 12.5 Å². The van der Waals surface area contributed by atoms with Crippen molar-refractivity contribution in [1.29, 1.82) is 0 Å². The molecule has 5 rings (SSSR count). The molecule has 1 saturated heterocycles. The number of hydrogen-bond donors (Lipinski definition) is 1. The molecule has 0 radical (unpaired) electrons. The van der Waals surface area contributed by atoms with E-state index in [1.54, 1.807) is 11.1 Å². The van der Waals surface area contributed by atoms with Gasteiger partial charge in [-0.3, -0.25) is 9.78 Å². The normalized spacial score (nSPS) is 15.7. The van der Waals surface area contributed by atoms with E-state index in [0.717, 1.165) is 22.9 Å². The minimum absolute atomic E-state index is 0.0157. The molecule has 4 aromatic rings. The Hall–Kier alpha value is -4.25. The number of pyridine rings is 1. The maximum Gasteiger partial charge on any atom is 0.246 e. The van der Waals surface area contributed by atoms with Gasteiger partial charge in [-0.25, -0.2) is 14.6 Å². The third-order valence-electron chi connectivity index (χ3n) is 5.48. The molecule has 8 heteroatoms. The summed E-state index contributed by atoms with van der Waals surface area (Å²) in [7, 11) is 0. The van der Waals surface area contributed by atoms with Gasteiger partial charge in [0.25, 0.3) is 0 Å². The highest BCUT2D eigenvalue weighted by Gasteiger charge is 2.29. The van der Waals surface area contributed by atoms with Gasteiger partial charge in [0.2, 0.25) is 5.91 Å². The quantitative estimate of drug-likeness (QED) is 0.403. The Kier molecular flexibility index (Phi) is 4.56. The number of amides is 1. The second-order valence-corrected chi connectivity index (χ2v) is 7.31. The largest absolute Gasteiger partial charge is 0.383 e. The van der Waals surface area contributed by atoms with Crippen LogP contribution in [0.25, 0.3) is 21.9 Å². The lowest BCUT2D eigenvalue weighted by Crippen LogP contribution is -2.27. The van der Waals surface area contributed by atoms with E-state index in [4.69, 9.17) is 10.8 Å². The van der Waals surface area contributed by atoms with Crippen molar-refractivity contribution in [2.75, 3.05) is 18.8 Å². The predicted octanol–water partition coefficient (Wildman–Crippen LogP) is 2.32. The Bertz CT molecular complexity index is 1390. The molecular formula is C23H19N7O. The number of likely N-dealkylation sites (tertiary alicyclic amines) is 1. The molecule has 0 bridgehead atoms. The molecule has 0 unspecified atom stereocenters. The number of nitrogens with zero attached hydrogens (tertiary/aromatic N) is 6. The molecule has 4 heterocycles. The highest BCUT2D eigenvalue weighted by atomic mass is 16.2. The van der Waals surface area contributed by atoms with Crippen LogP contribution in [0.1, 0.15) is 23.7 Å². The molecule has 1 aliphatic heterocycles. The molecule has 152 valence electrons. The standard InChI is InChI=1S/C23H19N7O/c1-2-20(31)29-12-10-16(13-29)30-23-21(22(24)26-14-27-23)19(28-30)8-7-15-9-11-25-18-6-4-3-5-17(15)18/h2-6,9,11,14,16H,1,10,12-13H2,(H2,24,26,27)/t16-/m1/s1. The third-order valence-corrected chi connectivity index (χ3v) is 5.48. The van der Waals surface area contributed by atoms with Gasteiger partial charge in [0, 0.05) is 30.2 Å². The first-order valence-electron chi connectivity index (χ1n) is 9.91. The number of nitrogen functional groups attached to an aromatic ring is 1. The molecular weight excluding hydrogens is 390 g/mol. The molecule has 8 nitrogen and oxygen atoms in total. The van der Waals surface area contributed by atoms with E-state index in [0.29, 0.717) is 35.6 Å². The van der Waals surface area contributed by atoms with Crippen LogP contribution in [0.15, 0.2) is 55.5 Å². The van der Waals surface area contributed by atoms with Crippen molar-refractivity contribution < 1.29 is 4.79 Å². The van der Waals surface area contributed by atoms with E-state index in [9.17, 15) is 4.79 Å². The number of aromatic nitrogens is 5. The molecule has 0 aliphatic carbocycles. The third kappa shape index (κ3) is 3.26. The zero-order valence-corrected chi connectivity index (χ0v) is 16.7. The number of para-hydroxylation sites is 1. The van der Waals surface area contributed by atoms with E-state index in [-0.39, 0.29) is 11.9 Å². The molecule has 1 atom stereocenters. The number of anilines is 1. The summed E-state index contributed by atoms with van der Waals surface area (Å²) >= 11 is 0. The van der Waals surface area contributed by atoms with E-state index >= 15 is 0 Å². The number of hydrogen-bond acceptors (Lipinski definition) is 6. The van der Waals surface area contributed by atoms with Crippen LogP contribution in [0, 0.1) is 11.8 Å². The van der Waals surface area contributed by atoms with Gasteiger partial charge in [-0.2, -0.15) is 5.10 Å². The molecule has 31 heavy (non-hydrogen) atoms. The number of benzene rings is 1. The van der Waals surface area contributed by atoms with Crippen LogP contribution in [0.2, 0.25) is 0 Å². The Morgan fingerprint density at radius 1 is 1.19 bits per heavy atom. The summed E-state index contributed by atoms with van der Waals surface area (Å²) in [4.78, 5) is 26.7. The lowest BCUT2D eigenvalue weighted by atomic mass is 10.1. The monoisotopic (exact) mass is 409 g/mol. The summed E-state index contributed by atoms with van der Waals surface area (Å²) in [5.74, 6) is 6.61. The van der Waals surface area contributed by atoms with Crippen LogP contribution in [0.3, 0.4) is 0 Å². The van der Waals surface area contributed by atoms with Crippen molar-refractivity contribution in [2.24, 2.45) is 0 Å².